The van der Waals surface area contributed by atoms with Gasteiger partial charge in [0.1, 0.15) is 0 Å². The molecule has 5 heteroatoms. The van der Waals surface area contributed by atoms with Crippen molar-refractivity contribution in [3.8, 4) is 11.5 Å². The summed E-state index contributed by atoms with van der Waals surface area (Å²) >= 11 is 0. The van der Waals surface area contributed by atoms with E-state index in [1.165, 1.54) is 12.3 Å². The molecule has 0 amide bonds. The molecule has 0 aliphatic carbocycles. The summed E-state index contributed by atoms with van der Waals surface area (Å²) in [6, 6.07) is 8.89. The highest BCUT2D eigenvalue weighted by atomic mass is 19.1. The minimum absolute atomic E-state index is 0.0806. The zero-order chi connectivity index (χ0) is 15.2. The van der Waals surface area contributed by atoms with Crippen LogP contribution in [0.4, 0.5) is 10.1 Å². The molecule has 0 bridgehead atoms. The molecule has 0 spiro atoms. The number of hydrogen-bond acceptors (Lipinski definition) is 4. The fourth-order valence-corrected chi connectivity index (χ4v) is 2.15. The van der Waals surface area contributed by atoms with Gasteiger partial charge in [-0.15, -0.1) is 0 Å². The van der Waals surface area contributed by atoms with Gasteiger partial charge in [0, 0.05) is 0 Å². The zero-order valence-electron chi connectivity index (χ0n) is 12.4. The van der Waals surface area contributed by atoms with Gasteiger partial charge in [-0.05, 0) is 36.2 Å². The van der Waals surface area contributed by atoms with Gasteiger partial charge in [0.05, 0.1) is 32.1 Å². The van der Waals surface area contributed by atoms with E-state index in [0.717, 1.165) is 17.7 Å². The standard InChI is InChI=1S/C16H19FN2O2/c1-4-13(19-12-6-8-16(17)18-10-12)11-5-7-14(20-2)15(9-11)21-3/h5-10,13,19H,4H2,1-3H3. The van der Waals surface area contributed by atoms with E-state index in [9.17, 15) is 4.39 Å². The topological polar surface area (TPSA) is 43.4 Å². The molecule has 1 aromatic heterocycles. The molecule has 2 rings (SSSR count). The van der Waals surface area contributed by atoms with Crippen LogP contribution >= 0.6 is 0 Å². The van der Waals surface area contributed by atoms with E-state index in [1.807, 2.05) is 18.2 Å². The van der Waals surface area contributed by atoms with Crippen molar-refractivity contribution >= 4 is 5.69 Å². The number of ether oxygens (including phenoxy) is 2. The molecule has 0 saturated heterocycles. The van der Waals surface area contributed by atoms with E-state index in [4.69, 9.17) is 9.47 Å². The van der Waals surface area contributed by atoms with E-state index in [2.05, 4.69) is 17.2 Å². The predicted octanol–water partition coefficient (Wildman–Crippen LogP) is 3.80. The Morgan fingerprint density at radius 3 is 2.48 bits per heavy atom. The van der Waals surface area contributed by atoms with Gasteiger partial charge in [-0.25, -0.2) is 4.98 Å². The molecule has 2 aromatic rings. The van der Waals surface area contributed by atoms with Crippen LogP contribution in [0.2, 0.25) is 0 Å². The third-order valence-electron chi connectivity index (χ3n) is 3.29. The number of nitrogens with one attached hydrogen (secondary N) is 1. The van der Waals surface area contributed by atoms with Gasteiger partial charge in [-0.3, -0.25) is 0 Å². The molecular formula is C16H19FN2O2. The molecule has 0 radical (unpaired) electrons. The second kappa shape index (κ2) is 6.92. The summed E-state index contributed by atoms with van der Waals surface area (Å²) in [7, 11) is 3.22. The van der Waals surface area contributed by atoms with E-state index in [1.54, 1.807) is 20.3 Å². The first-order valence-electron chi connectivity index (χ1n) is 6.78. The Balaban J connectivity index is 2.22. The van der Waals surface area contributed by atoms with Gasteiger partial charge in [-0.2, -0.15) is 4.39 Å². The number of halogens is 1. The van der Waals surface area contributed by atoms with Gasteiger partial charge in [0.2, 0.25) is 5.95 Å². The van der Waals surface area contributed by atoms with Crippen molar-refractivity contribution in [3.63, 3.8) is 0 Å². The largest absolute Gasteiger partial charge is 0.493 e. The highest BCUT2D eigenvalue weighted by Gasteiger charge is 2.13. The Labute approximate surface area is 123 Å². The Morgan fingerprint density at radius 2 is 1.90 bits per heavy atom. The van der Waals surface area contributed by atoms with Crippen molar-refractivity contribution in [1.29, 1.82) is 0 Å². The number of anilines is 1. The van der Waals surface area contributed by atoms with Crippen LogP contribution in [0.1, 0.15) is 24.9 Å². The van der Waals surface area contributed by atoms with Gasteiger partial charge in [0.15, 0.2) is 11.5 Å². The van der Waals surface area contributed by atoms with E-state index < -0.39 is 5.95 Å². The summed E-state index contributed by atoms with van der Waals surface area (Å²) in [5.74, 6) is 0.895. The number of methoxy groups -OCH3 is 2. The number of nitrogens with zero attached hydrogens (tertiary/aromatic N) is 1. The van der Waals surface area contributed by atoms with Crippen LogP contribution < -0.4 is 14.8 Å². The molecule has 4 nitrogen and oxygen atoms in total. The van der Waals surface area contributed by atoms with Crippen LogP contribution in [-0.4, -0.2) is 19.2 Å². The van der Waals surface area contributed by atoms with Crippen molar-refractivity contribution in [1.82, 2.24) is 4.98 Å². The van der Waals surface area contributed by atoms with Crippen molar-refractivity contribution in [3.05, 3.63) is 48.0 Å². The smallest absolute Gasteiger partial charge is 0.212 e. The first kappa shape index (κ1) is 15.1. The molecule has 0 aliphatic heterocycles. The highest BCUT2D eigenvalue weighted by molar-refractivity contribution is 5.47. The monoisotopic (exact) mass is 290 g/mol. The van der Waals surface area contributed by atoms with Crippen molar-refractivity contribution in [2.75, 3.05) is 19.5 Å². The second-order valence-electron chi connectivity index (χ2n) is 4.59. The average molecular weight is 290 g/mol. The van der Waals surface area contributed by atoms with Gasteiger partial charge in [-0.1, -0.05) is 13.0 Å². The van der Waals surface area contributed by atoms with Crippen LogP contribution in [0.25, 0.3) is 0 Å². The summed E-state index contributed by atoms with van der Waals surface area (Å²) in [6.07, 6.45) is 2.35. The molecule has 0 aliphatic rings. The number of benzene rings is 1. The SMILES string of the molecule is CCC(Nc1ccc(F)nc1)c1ccc(OC)c(OC)c1. The minimum Gasteiger partial charge on any atom is -0.493 e. The number of aromatic nitrogens is 1. The van der Waals surface area contributed by atoms with Gasteiger partial charge >= 0.3 is 0 Å². The maximum Gasteiger partial charge on any atom is 0.212 e. The molecule has 1 atom stereocenters. The van der Waals surface area contributed by atoms with Crippen LogP contribution in [-0.2, 0) is 0 Å². The lowest BCUT2D eigenvalue weighted by molar-refractivity contribution is 0.354. The average Bonchev–Trinajstić information content (AvgIpc) is 2.53. The minimum atomic E-state index is -0.486. The summed E-state index contributed by atoms with van der Waals surface area (Å²) < 4.78 is 23.4. The predicted molar refractivity (Wildman–Crippen MR) is 80.4 cm³/mol. The lowest BCUT2D eigenvalue weighted by atomic mass is 10.0. The normalized spacial score (nSPS) is 11.8. The number of pyridine rings is 1. The second-order valence-corrected chi connectivity index (χ2v) is 4.59. The van der Waals surface area contributed by atoms with Gasteiger partial charge < -0.3 is 14.8 Å². The van der Waals surface area contributed by atoms with Crippen LogP contribution in [0.3, 0.4) is 0 Å². The third-order valence-corrected chi connectivity index (χ3v) is 3.29. The zero-order valence-corrected chi connectivity index (χ0v) is 12.4. The molecule has 1 unspecified atom stereocenters. The maximum atomic E-state index is 12.8. The Bertz CT molecular complexity index is 587. The lowest BCUT2D eigenvalue weighted by Crippen LogP contribution is -2.10. The summed E-state index contributed by atoms with van der Waals surface area (Å²) in [6.45, 7) is 2.07. The molecule has 0 fully saturated rings. The number of hydrogen-bond donors (Lipinski definition) is 1. The molecule has 1 aromatic carbocycles. The Kier molecular flexibility index (Phi) is 4.98. The maximum absolute atomic E-state index is 12.8. The Morgan fingerprint density at radius 1 is 1.14 bits per heavy atom. The highest BCUT2D eigenvalue weighted by Crippen LogP contribution is 2.32. The quantitative estimate of drug-likeness (QED) is 0.822. The summed E-state index contributed by atoms with van der Waals surface area (Å²) in [5, 5.41) is 3.34. The summed E-state index contributed by atoms with van der Waals surface area (Å²) in [5.41, 5.74) is 1.84. The fourth-order valence-electron chi connectivity index (χ4n) is 2.15. The molecule has 1 heterocycles. The number of rotatable bonds is 6. The Hall–Kier alpha value is -2.30. The van der Waals surface area contributed by atoms with Crippen molar-refractivity contribution in [2.45, 2.75) is 19.4 Å². The van der Waals surface area contributed by atoms with E-state index >= 15 is 0 Å². The molecular weight excluding hydrogens is 271 g/mol. The lowest BCUT2D eigenvalue weighted by Gasteiger charge is -2.20. The first-order valence-corrected chi connectivity index (χ1v) is 6.78. The van der Waals surface area contributed by atoms with Crippen LogP contribution in [0.5, 0.6) is 11.5 Å². The van der Waals surface area contributed by atoms with Gasteiger partial charge in [0.25, 0.3) is 0 Å². The molecule has 21 heavy (non-hydrogen) atoms. The van der Waals surface area contributed by atoms with E-state index in [-0.39, 0.29) is 6.04 Å². The summed E-state index contributed by atoms with van der Waals surface area (Å²) in [4.78, 5) is 3.65. The van der Waals surface area contributed by atoms with Crippen molar-refractivity contribution in [2.24, 2.45) is 0 Å². The van der Waals surface area contributed by atoms with Crippen LogP contribution in [0, 0.1) is 5.95 Å². The molecule has 112 valence electrons. The molecule has 0 saturated carbocycles. The third kappa shape index (κ3) is 3.62. The van der Waals surface area contributed by atoms with Crippen LogP contribution in [0.15, 0.2) is 36.5 Å². The van der Waals surface area contributed by atoms with Crippen molar-refractivity contribution < 1.29 is 13.9 Å². The first-order chi connectivity index (χ1) is 10.2. The fraction of sp³-hybridized carbons (Fsp3) is 0.312. The van der Waals surface area contributed by atoms with E-state index in [0.29, 0.717) is 11.5 Å². The molecule has 1 N–H and O–H groups in total.